The van der Waals surface area contributed by atoms with Crippen molar-refractivity contribution in [3.63, 3.8) is 0 Å². The van der Waals surface area contributed by atoms with Crippen LogP contribution in [0.2, 0.25) is 5.02 Å². The largest absolute Gasteiger partial charge is 0.327 e. The van der Waals surface area contributed by atoms with E-state index in [1.165, 1.54) is 18.2 Å². The summed E-state index contributed by atoms with van der Waals surface area (Å²) in [7, 11) is 0. The van der Waals surface area contributed by atoms with Crippen LogP contribution in [-0.4, -0.2) is 15.9 Å². The van der Waals surface area contributed by atoms with Gasteiger partial charge < -0.3 is 10.6 Å². The minimum atomic E-state index is -0.581. The number of halogens is 1. The van der Waals surface area contributed by atoms with Gasteiger partial charge in [-0.1, -0.05) is 41.9 Å². The number of amides is 1. The lowest BCUT2D eigenvalue weighted by atomic mass is 10.1. The molecule has 0 unspecified atom stereocenters. The second-order valence-electron chi connectivity index (χ2n) is 4.58. The molecular weight excluding hydrogens is 338 g/mol. The van der Waals surface area contributed by atoms with Gasteiger partial charge in [-0.3, -0.25) is 14.9 Å². The number of nitro benzene ring substituents is 1. The molecule has 1 amide bonds. The summed E-state index contributed by atoms with van der Waals surface area (Å²) in [6.45, 7) is 0. The molecule has 0 saturated heterocycles. The molecule has 0 spiro atoms. The van der Waals surface area contributed by atoms with Gasteiger partial charge in [0.15, 0.2) is 5.11 Å². The number of benzene rings is 2. The fourth-order valence-corrected chi connectivity index (χ4v) is 2.26. The number of hydrogen-bond donors (Lipinski definition) is 2. The van der Waals surface area contributed by atoms with Crippen LogP contribution in [0.4, 0.5) is 11.4 Å². The first-order valence-electron chi connectivity index (χ1n) is 6.54. The molecule has 2 aromatic carbocycles. The summed E-state index contributed by atoms with van der Waals surface area (Å²) in [5, 5.41) is 16.3. The third-order valence-electron chi connectivity index (χ3n) is 2.87. The maximum Gasteiger partial charge on any atom is 0.294 e. The van der Waals surface area contributed by atoms with Crippen molar-refractivity contribution in [3.05, 3.63) is 69.2 Å². The van der Waals surface area contributed by atoms with E-state index >= 15 is 0 Å². The molecule has 2 aromatic rings. The maximum absolute atomic E-state index is 11.9. The minimum absolute atomic E-state index is 0.0173. The van der Waals surface area contributed by atoms with Gasteiger partial charge in [-0.2, -0.15) is 0 Å². The number of nitrogens with zero attached hydrogens (tertiary/aromatic N) is 1. The van der Waals surface area contributed by atoms with Crippen LogP contribution in [0.25, 0.3) is 0 Å². The number of hydrogen-bond acceptors (Lipinski definition) is 4. The normalized spacial score (nSPS) is 9.96. The Morgan fingerprint density at radius 1 is 1.22 bits per heavy atom. The zero-order valence-electron chi connectivity index (χ0n) is 11.8. The summed E-state index contributed by atoms with van der Waals surface area (Å²) >= 11 is 10.7. The molecule has 0 fully saturated rings. The van der Waals surface area contributed by atoms with E-state index in [-0.39, 0.29) is 33.8 Å². The molecule has 2 rings (SSSR count). The monoisotopic (exact) mass is 349 g/mol. The molecular formula is C15H12ClN3O3S. The standard InChI is InChI=1S/C15H12ClN3O3S/c16-11-6-7-12(13(9-11)19(21)22)17-15(23)18-14(20)8-10-4-2-1-3-5-10/h1-7,9H,8H2,(H2,17,18,20,23). The second-order valence-corrected chi connectivity index (χ2v) is 5.43. The van der Waals surface area contributed by atoms with Gasteiger partial charge in [-0.15, -0.1) is 0 Å². The Morgan fingerprint density at radius 2 is 1.91 bits per heavy atom. The fourth-order valence-electron chi connectivity index (χ4n) is 1.87. The molecule has 0 aliphatic carbocycles. The van der Waals surface area contributed by atoms with Crippen LogP contribution in [-0.2, 0) is 11.2 Å². The lowest BCUT2D eigenvalue weighted by Crippen LogP contribution is -2.35. The number of thiocarbonyl (C=S) groups is 1. The summed E-state index contributed by atoms with van der Waals surface area (Å²) in [6, 6.07) is 13.3. The number of carbonyl (C=O) groups is 1. The Kier molecular flexibility index (Phi) is 5.61. The summed E-state index contributed by atoms with van der Waals surface area (Å²) in [5.74, 6) is -0.315. The van der Waals surface area contributed by atoms with Gasteiger partial charge in [0.2, 0.25) is 5.91 Å². The quantitative estimate of drug-likeness (QED) is 0.502. The van der Waals surface area contributed by atoms with E-state index in [2.05, 4.69) is 10.6 Å². The van der Waals surface area contributed by atoms with Gasteiger partial charge >= 0.3 is 0 Å². The van der Waals surface area contributed by atoms with Crippen molar-refractivity contribution >= 4 is 46.2 Å². The average Bonchev–Trinajstić information content (AvgIpc) is 2.49. The Balaban J connectivity index is 2.00. The Bertz CT molecular complexity index is 753. The molecule has 0 aromatic heterocycles. The molecule has 0 radical (unpaired) electrons. The lowest BCUT2D eigenvalue weighted by Gasteiger charge is -2.10. The SMILES string of the molecule is O=C(Cc1ccccc1)NC(=S)Nc1ccc(Cl)cc1[N+](=O)[O-]. The number of nitrogens with one attached hydrogen (secondary N) is 2. The van der Waals surface area contributed by atoms with Crippen molar-refractivity contribution < 1.29 is 9.72 Å². The number of anilines is 1. The summed E-state index contributed by atoms with van der Waals surface area (Å²) in [4.78, 5) is 22.3. The van der Waals surface area contributed by atoms with Gasteiger partial charge in [-0.25, -0.2) is 0 Å². The predicted molar refractivity (Wildman–Crippen MR) is 92.6 cm³/mol. The highest BCUT2D eigenvalue weighted by Gasteiger charge is 2.16. The number of rotatable bonds is 4. The minimum Gasteiger partial charge on any atom is -0.327 e. The maximum atomic E-state index is 11.9. The fraction of sp³-hybridized carbons (Fsp3) is 0.0667. The van der Waals surface area contributed by atoms with Gasteiger partial charge in [-0.05, 0) is 29.9 Å². The molecule has 0 aliphatic rings. The van der Waals surface area contributed by atoms with Crippen LogP contribution >= 0.6 is 23.8 Å². The van der Waals surface area contributed by atoms with Crippen LogP contribution < -0.4 is 10.6 Å². The number of nitro groups is 1. The van der Waals surface area contributed by atoms with E-state index in [9.17, 15) is 14.9 Å². The smallest absolute Gasteiger partial charge is 0.294 e. The molecule has 0 aliphatic heterocycles. The van der Waals surface area contributed by atoms with Crippen molar-refractivity contribution in [2.75, 3.05) is 5.32 Å². The van der Waals surface area contributed by atoms with Crippen LogP contribution in [0, 0.1) is 10.1 Å². The van der Waals surface area contributed by atoms with Crippen LogP contribution in [0.1, 0.15) is 5.56 Å². The number of carbonyl (C=O) groups excluding carboxylic acids is 1. The highest BCUT2D eigenvalue weighted by Crippen LogP contribution is 2.27. The van der Waals surface area contributed by atoms with Crippen molar-refractivity contribution in [2.45, 2.75) is 6.42 Å². The molecule has 0 atom stereocenters. The van der Waals surface area contributed by atoms with Crippen LogP contribution in [0.15, 0.2) is 48.5 Å². The topological polar surface area (TPSA) is 84.3 Å². The summed E-state index contributed by atoms with van der Waals surface area (Å²) < 4.78 is 0. The first kappa shape index (κ1) is 16.9. The molecule has 118 valence electrons. The zero-order valence-corrected chi connectivity index (χ0v) is 13.4. The van der Waals surface area contributed by atoms with Crippen LogP contribution in [0.3, 0.4) is 0 Å². The Labute approximate surface area is 142 Å². The van der Waals surface area contributed by atoms with Gasteiger partial charge in [0, 0.05) is 11.1 Å². The molecule has 0 heterocycles. The van der Waals surface area contributed by atoms with Gasteiger partial charge in [0.25, 0.3) is 5.69 Å². The Hall–Kier alpha value is -2.51. The van der Waals surface area contributed by atoms with E-state index < -0.39 is 4.92 Å². The van der Waals surface area contributed by atoms with Crippen molar-refractivity contribution in [3.8, 4) is 0 Å². The molecule has 2 N–H and O–H groups in total. The Morgan fingerprint density at radius 3 is 2.57 bits per heavy atom. The highest BCUT2D eigenvalue weighted by atomic mass is 35.5. The van der Waals surface area contributed by atoms with E-state index in [1.54, 1.807) is 0 Å². The molecule has 8 heteroatoms. The van der Waals surface area contributed by atoms with Gasteiger partial charge in [0.1, 0.15) is 5.69 Å². The lowest BCUT2D eigenvalue weighted by molar-refractivity contribution is -0.383. The molecule has 23 heavy (non-hydrogen) atoms. The summed E-state index contributed by atoms with van der Waals surface area (Å²) in [6.07, 6.45) is 0.158. The second kappa shape index (κ2) is 7.66. The van der Waals surface area contributed by atoms with Gasteiger partial charge in [0.05, 0.1) is 11.3 Å². The predicted octanol–water partition coefficient (Wildman–Crippen LogP) is 3.30. The third kappa shape index (κ3) is 5.01. The first-order chi connectivity index (χ1) is 11.0. The summed E-state index contributed by atoms with van der Waals surface area (Å²) in [5.41, 5.74) is 0.770. The highest BCUT2D eigenvalue weighted by molar-refractivity contribution is 7.80. The molecule has 0 bridgehead atoms. The van der Waals surface area contributed by atoms with E-state index in [4.69, 9.17) is 23.8 Å². The molecule has 0 saturated carbocycles. The third-order valence-corrected chi connectivity index (χ3v) is 3.30. The van der Waals surface area contributed by atoms with E-state index in [0.717, 1.165) is 5.56 Å². The average molecular weight is 350 g/mol. The van der Waals surface area contributed by atoms with Crippen molar-refractivity contribution in [1.29, 1.82) is 0 Å². The first-order valence-corrected chi connectivity index (χ1v) is 7.33. The van der Waals surface area contributed by atoms with Crippen molar-refractivity contribution in [2.24, 2.45) is 0 Å². The van der Waals surface area contributed by atoms with E-state index in [1.807, 2.05) is 30.3 Å². The zero-order chi connectivity index (χ0) is 16.8. The van der Waals surface area contributed by atoms with Crippen molar-refractivity contribution in [1.82, 2.24) is 5.32 Å². The molecule has 6 nitrogen and oxygen atoms in total. The van der Waals surface area contributed by atoms with E-state index in [0.29, 0.717) is 0 Å². The van der Waals surface area contributed by atoms with Crippen LogP contribution in [0.5, 0.6) is 0 Å².